The van der Waals surface area contributed by atoms with Crippen LogP contribution in [0.25, 0.3) is 0 Å². The summed E-state index contributed by atoms with van der Waals surface area (Å²) in [5.41, 5.74) is 1.08. The standard InChI is InChI=1S/C21H31BrN2O2/c1-15-4-3-9-24(14-15)18-7-10-23(11-8-18)21(26)16(2)12-17-5-6-20(25)19(22)13-17/h5-6,13,15-16,18,25H,3-4,7-12,14H2,1-2H3/t15-,16+/m0/s1. The Morgan fingerprint density at radius 3 is 2.65 bits per heavy atom. The van der Waals surface area contributed by atoms with Crippen molar-refractivity contribution in [1.29, 1.82) is 0 Å². The minimum atomic E-state index is -0.0296. The maximum Gasteiger partial charge on any atom is 0.225 e. The van der Waals surface area contributed by atoms with E-state index in [9.17, 15) is 9.90 Å². The van der Waals surface area contributed by atoms with Gasteiger partial charge in [0.05, 0.1) is 4.47 Å². The number of hydrogen-bond donors (Lipinski definition) is 1. The number of likely N-dealkylation sites (tertiary alicyclic amines) is 2. The fourth-order valence-electron chi connectivity index (χ4n) is 4.44. The monoisotopic (exact) mass is 422 g/mol. The van der Waals surface area contributed by atoms with Crippen molar-refractivity contribution in [1.82, 2.24) is 9.80 Å². The number of piperidine rings is 2. The molecule has 0 spiro atoms. The zero-order valence-corrected chi connectivity index (χ0v) is 17.5. The van der Waals surface area contributed by atoms with Crippen molar-refractivity contribution in [3.63, 3.8) is 0 Å². The van der Waals surface area contributed by atoms with Crippen LogP contribution in [0.3, 0.4) is 0 Å². The molecule has 2 fully saturated rings. The third-order valence-electron chi connectivity index (χ3n) is 5.96. The van der Waals surface area contributed by atoms with Gasteiger partial charge in [0.25, 0.3) is 0 Å². The van der Waals surface area contributed by atoms with E-state index in [0.717, 1.165) is 37.4 Å². The maximum absolute atomic E-state index is 12.8. The number of phenolic OH excluding ortho intramolecular Hbond substituents is 1. The summed E-state index contributed by atoms with van der Waals surface area (Å²) in [5, 5.41) is 9.61. The van der Waals surface area contributed by atoms with Gasteiger partial charge in [-0.25, -0.2) is 0 Å². The predicted octanol–water partition coefficient (Wildman–Crippen LogP) is 4.06. The summed E-state index contributed by atoms with van der Waals surface area (Å²) in [6, 6.07) is 6.14. The van der Waals surface area contributed by atoms with Gasteiger partial charge in [-0.05, 0) is 78.2 Å². The molecule has 144 valence electrons. The van der Waals surface area contributed by atoms with Crippen LogP contribution in [0.2, 0.25) is 0 Å². The SMILES string of the molecule is C[C@H]1CCCN(C2CCN(C(=O)[C@H](C)Cc3ccc(O)c(Br)c3)CC2)C1. The van der Waals surface area contributed by atoms with Crippen LogP contribution in [-0.2, 0) is 11.2 Å². The predicted molar refractivity (Wildman–Crippen MR) is 108 cm³/mol. The summed E-state index contributed by atoms with van der Waals surface area (Å²) < 4.78 is 0.686. The minimum absolute atomic E-state index is 0.0296. The lowest BCUT2D eigenvalue weighted by atomic mass is 9.94. The largest absolute Gasteiger partial charge is 0.507 e. The molecule has 0 aromatic heterocycles. The Bertz CT molecular complexity index is 628. The molecule has 0 saturated carbocycles. The van der Waals surface area contributed by atoms with Gasteiger partial charge in [-0.15, -0.1) is 0 Å². The summed E-state index contributed by atoms with van der Waals surface area (Å²) in [4.78, 5) is 17.6. The Morgan fingerprint density at radius 2 is 2.00 bits per heavy atom. The van der Waals surface area contributed by atoms with Gasteiger partial charge in [-0.1, -0.05) is 19.9 Å². The molecule has 1 aromatic carbocycles. The fraction of sp³-hybridized carbons (Fsp3) is 0.667. The normalized spacial score (nSPS) is 23.8. The highest BCUT2D eigenvalue weighted by Gasteiger charge is 2.30. The van der Waals surface area contributed by atoms with E-state index in [4.69, 9.17) is 0 Å². The second-order valence-electron chi connectivity index (χ2n) is 8.19. The van der Waals surface area contributed by atoms with E-state index in [0.29, 0.717) is 16.9 Å². The van der Waals surface area contributed by atoms with Crippen molar-refractivity contribution >= 4 is 21.8 Å². The zero-order chi connectivity index (χ0) is 18.7. The van der Waals surface area contributed by atoms with E-state index < -0.39 is 0 Å². The highest BCUT2D eigenvalue weighted by atomic mass is 79.9. The molecule has 0 aliphatic carbocycles. The molecule has 0 radical (unpaired) electrons. The molecule has 1 aromatic rings. The number of nitrogens with zero attached hydrogens (tertiary/aromatic N) is 2. The molecule has 2 atom stereocenters. The molecular weight excluding hydrogens is 392 g/mol. The van der Waals surface area contributed by atoms with Crippen LogP contribution in [0.1, 0.15) is 45.1 Å². The van der Waals surface area contributed by atoms with Crippen molar-refractivity contribution < 1.29 is 9.90 Å². The lowest BCUT2D eigenvalue weighted by Crippen LogP contribution is -2.50. The Balaban J connectivity index is 1.50. The van der Waals surface area contributed by atoms with E-state index >= 15 is 0 Å². The topological polar surface area (TPSA) is 43.8 Å². The van der Waals surface area contributed by atoms with E-state index in [1.54, 1.807) is 6.07 Å². The highest BCUT2D eigenvalue weighted by molar-refractivity contribution is 9.10. The number of benzene rings is 1. The Hall–Kier alpha value is -1.07. The van der Waals surface area contributed by atoms with E-state index in [2.05, 4.69) is 32.7 Å². The van der Waals surface area contributed by atoms with Gasteiger partial charge in [0, 0.05) is 31.6 Å². The third kappa shape index (κ3) is 4.80. The fourth-order valence-corrected chi connectivity index (χ4v) is 4.86. The van der Waals surface area contributed by atoms with Crippen LogP contribution in [0, 0.1) is 11.8 Å². The first-order valence-corrected chi connectivity index (χ1v) is 10.7. The first-order chi connectivity index (χ1) is 12.4. The molecule has 4 nitrogen and oxygen atoms in total. The van der Waals surface area contributed by atoms with Crippen LogP contribution < -0.4 is 0 Å². The number of amides is 1. The molecule has 0 bridgehead atoms. The van der Waals surface area contributed by atoms with Crippen LogP contribution >= 0.6 is 15.9 Å². The number of carbonyl (C=O) groups is 1. The van der Waals surface area contributed by atoms with Crippen molar-refractivity contribution in [2.75, 3.05) is 26.2 Å². The molecule has 1 N–H and O–H groups in total. The quantitative estimate of drug-likeness (QED) is 0.795. The molecule has 2 aliphatic heterocycles. The number of rotatable bonds is 4. The van der Waals surface area contributed by atoms with Gasteiger partial charge in [-0.2, -0.15) is 0 Å². The lowest BCUT2D eigenvalue weighted by molar-refractivity contribution is -0.136. The molecule has 2 heterocycles. The van der Waals surface area contributed by atoms with Gasteiger partial charge in [-0.3, -0.25) is 9.69 Å². The van der Waals surface area contributed by atoms with Crippen molar-refractivity contribution in [2.45, 2.75) is 52.0 Å². The van der Waals surface area contributed by atoms with Gasteiger partial charge in [0.2, 0.25) is 5.91 Å². The Kier molecular flexibility index (Phi) is 6.62. The lowest BCUT2D eigenvalue weighted by Gasteiger charge is -2.42. The molecule has 2 aliphatic rings. The number of hydrogen-bond acceptors (Lipinski definition) is 3. The average molecular weight is 423 g/mol. The number of halogens is 1. The van der Waals surface area contributed by atoms with Crippen LogP contribution in [-0.4, -0.2) is 53.0 Å². The van der Waals surface area contributed by atoms with Gasteiger partial charge in [0.1, 0.15) is 5.75 Å². The Morgan fingerprint density at radius 1 is 1.27 bits per heavy atom. The van der Waals surface area contributed by atoms with Crippen LogP contribution in [0.4, 0.5) is 0 Å². The first-order valence-electron chi connectivity index (χ1n) is 9.94. The van der Waals surface area contributed by atoms with Gasteiger partial charge < -0.3 is 10.0 Å². The number of carbonyl (C=O) groups excluding carboxylic acids is 1. The summed E-state index contributed by atoms with van der Waals surface area (Å²) in [6.07, 6.45) is 5.60. The summed E-state index contributed by atoms with van der Waals surface area (Å²) >= 11 is 3.35. The molecule has 26 heavy (non-hydrogen) atoms. The Labute approximate surface area is 165 Å². The second-order valence-corrected chi connectivity index (χ2v) is 9.04. The molecule has 0 unspecified atom stereocenters. The molecule has 5 heteroatoms. The van der Waals surface area contributed by atoms with Crippen LogP contribution in [0.15, 0.2) is 22.7 Å². The van der Waals surface area contributed by atoms with E-state index in [1.807, 2.05) is 19.1 Å². The minimum Gasteiger partial charge on any atom is -0.507 e. The van der Waals surface area contributed by atoms with Crippen LogP contribution in [0.5, 0.6) is 5.75 Å². The third-order valence-corrected chi connectivity index (χ3v) is 6.59. The van der Waals surface area contributed by atoms with Crippen molar-refractivity contribution in [3.8, 4) is 5.75 Å². The molecular formula is C21H31BrN2O2. The van der Waals surface area contributed by atoms with E-state index in [-0.39, 0.29) is 17.6 Å². The van der Waals surface area contributed by atoms with E-state index in [1.165, 1.54) is 25.9 Å². The molecule has 1 amide bonds. The summed E-state index contributed by atoms with van der Waals surface area (Å²) in [6.45, 7) is 8.60. The first kappa shape index (κ1) is 19.7. The second kappa shape index (κ2) is 8.75. The number of aromatic hydroxyl groups is 1. The number of phenols is 1. The smallest absolute Gasteiger partial charge is 0.225 e. The summed E-state index contributed by atoms with van der Waals surface area (Å²) in [7, 11) is 0. The highest BCUT2D eigenvalue weighted by Crippen LogP contribution is 2.27. The van der Waals surface area contributed by atoms with Gasteiger partial charge >= 0.3 is 0 Å². The van der Waals surface area contributed by atoms with Gasteiger partial charge in [0.15, 0.2) is 0 Å². The average Bonchev–Trinajstić information content (AvgIpc) is 2.64. The van der Waals surface area contributed by atoms with Crippen molar-refractivity contribution in [2.24, 2.45) is 11.8 Å². The zero-order valence-electron chi connectivity index (χ0n) is 16.0. The molecule has 3 rings (SSSR count). The molecule has 2 saturated heterocycles. The maximum atomic E-state index is 12.8. The summed E-state index contributed by atoms with van der Waals surface area (Å²) in [5.74, 6) is 1.28. The van der Waals surface area contributed by atoms with Crippen molar-refractivity contribution in [3.05, 3.63) is 28.2 Å².